The zero-order chi connectivity index (χ0) is 9.10. The lowest BCUT2D eigenvalue weighted by atomic mass is 10.0. The molecule has 1 aromatic carbocycles. The summed E-state index contributed by atoms with van der Waals surface area (Å²) in [5, 5.41) is 0. The summed E-state index contributed by atoms with van der Waals surface area (Å²) in [7, 11) is 0. The average molecular weight is 173 g/mol. The van der Waals surface area contributed by atoms with Crippen molar-refractivity contribution >= 4 is 6.21 Å². The molecule has 1 heterocycles. The van der Waals surface area contributed by atoms with Gasteiger partial charge in [0, 0.05) is 12.0 Å². The van der Waals surface area contributed by atoms with Crippen LogP contribution in [-0.4, -0.2) is 23.9 Å². The second kappa shape index (κ2) is 3.56. The second-order valence-corrected chi connectivity index (χ2v) is 3.36. The van der Waals surface area contributed by atoms with Gasteiger partial charge in [0.15, 0.2) is 12.8 Å². The minimum absolute atomic E-state index is 0. The summed E-state index contributed by atoms with van der Waals surface area (Å²) in [6.45, 7) is 5.82. The van der Waals surface area contributed by atoms with E-state index in [0.717, 1.165) is 19.5 Å². The summed E-state index contributed by atoms with van der Waals surface area (Å²) in [5.74, 6) is 0. The molecule has 2 rings (SSSR count). The summed E-state index contributed by atoms with van der Waals surface area (Å²) >= 11 is 0. The molecule has 0 radical (unpaired) electrons. The molecule has 66 valence electrons. The quantitative estimate of drug-likeness (QED) is 0.475. The van der Waals surface area contributed by atoms with Gasteiger partial charge in [0.05, 0.1) is 0 Å². The molecule has 13 heavy (non-hydrogen) atoms. The van der Waals surface area contributed by atoms with E-state index in [1.54, 1.807) is 0 Å². The van der Waals surface area contributed by atoms with Crippen molar-refractivity contribution in [3.8, 4) is 0 Å². The van der Waals surface area contributed by atoms with E-state index >= 15 is 0 Å². The Bertz CT molecular complexity index is 355. The van der Waals surface area contributed by atoms with Crippen LogP contribution in [0.15, 0.2) is 36.9 Å². The summed E-state index contributed by atoms with van der Waals surface area (Å²) in [4.78, 5) is 0. The van der Waals surface area contributed by atoms with Crippen LogP contribution in [0.3, 0.4) is 0 Å². The first-order chi connectivity index (χ1) is 6.40. The first-order valence-corrected chi connectivity index (χ1v) is 4.68. The molecule has 0 aromatic heterocycles. The van der Waals surface area contributed by atoms with Gasteiger partial charge < -0.3 is 0 Å². The van der Waals surface area contributed by atoms with E-state index in [1.165, 1.54) is 11.1 Å². The number of hydrogen-bond acceptors (Lipinski definition) is 0. The Morgan fingerprint density at radius 1 is 1.46 bits per heavy atom. The van der Waals surface area contributed by atoms with Crippen LogP contribution in [0, 0.1) is 0 Å². The topological polar surface area (TPSA) is 3.01 Å². The Kier molecular flexibility index (Phi) is 2.26. The van der Waals surface area contributed by atoms with Gasteiger partial charge in [-0.1, -0.05) is 24.8 Å². The molecule has 0 bridgehead atoms. The zero-order valence-electron chi connectivity index (χ0n) is 8.74. The van der Waals surface area contributed by atoms with Crippen LogP contribution in [0.5, 0.6) is 0 Å². The van der Waals surface area contributed by atoms with Gasteiger partial charge in [-0.25, -0.2) is 4.58 Å². The molecule has 0 amide bonds. The summed E-state index contributed by atoms with van der Waals surface area (Å²) in [5.41, 5.74) is 2.82. The second-order valence-electron chi connectivity index (χ2n) is 3.36. The van der Waals surface area contributed by atoms with E-state index in [2.05, 4.69) is 41.6 Å². The highest BCUT2D eigenvalue weighted by Crippen LogP contribution is 2.10. The van der Waals surface area contributed by atoms with E-state index in [-0.39, 0.29) is 1.43 Å². The molecule has 1 heteroatoms. The monoisotopic (exact) mass is 173 g/mol. The molecule has 0 spiro atoms. The predicted octanol–water partition coefficient (Wildman–Crippen LogP) is 1.97. The molecule has 0 saturated heterocycles. The van der Waals surface area contributed by atoms with Gasteiger partial charge in [0.25, 0.3) is 0 Å². The molecular formula is C12H15N+2. The zero-order valence-corrected chi connectivity index (χ0v) is 7.74. The molecule has 0 fully saturated rings. The number of nitrogens with zero attached hydrogens (tertiary/aromatic N) is 1. The maximum absolute atomic E-state index is 3.75. The van der Waals surface area contributed by atoms with Crippen molar-refractivity contribution in [2.45, 2.75) is 6.42 Å². The smallest absolute Gasteiger partial charge is 0.231 e. The normalized spacial score (nSPS) is 14.6. The summed E-state index contributed by atoms with van der Waals surface area (Å²) in [6, 6.07) is 8.57. The van der Waals surface area contributed by atoms with E-state index in [4.69, 9.17) is 0 Å². The highest BCUT2D eigenvalue weighted by atomic mass is 15.0. The molecule has 1 nitrogen and oxygen atoms in total. The summed E-state index contributed by atoms with van der Waals surface area (Å²) in [6.07, 6.45) is 5.32. The largest absolute Gasteiger partial charge is 1.00 e. The van der Waals surface area contributed by atoms with Crippen molar-refractivity contribution in [1.82, 2.24) is 0 Å². The van der Waals surface area contributed by atoms with Gasteiger partial charge in [0.1, 0.15) is 6.54 Å². The summed E-state index contributed by atoms with van der Waals surface area (Å²) < 4.78 is 2.30. The minimum atomic E-state index is 0. The van der Waals surface area contributed by atoms with Crippen LogP contribution >= 0.6 is 0 Å². The molecule has 0 saturated carbocycles. The van der Waals surface area contributed by atoms with Gasteiger partial charge >= 0.3 is 1.43 Å². The maximum atomic E-state index is 3.75. The maximum Gasteiger partial charge on any atom is 1.00 e. The van der Waals surface area contributed by atoms with E-state index < -0.39 is 0 Å². The third-order valence-corrected chi connectivity index (χ3v) is 2.41. The van der Waals surface area contributed by atoms with Crippen molar-refractivity contribution in [1.29, 1.82) is 0 Å². The van der Waals surface area contributed by atoms with Crippen LogP contribution < -0.4 is 0 Å². The Balaban J connectivity index is 0.000000980. The van der Waals surface area contributed by atoms with Crippen molar-refractivity contribution in [3.05, 3.63) is 48.0 Å². The fourth-order valence-corrected chi connectivity index (χ4v) is 1.72. The number of fused-ring (bicyclic) bond motifs is 1. The number of rotatable bonds is 2. The van der Waals surface area contributed by atoms with E-state index in [9.17, 15) is 0 Å². The van der Waals surface area contributed by atoms with Gasteiger partial charge in [-0.2, -0.15) is 0 Å². The predicted molar refractivity (Wildman–Crippen MR) is 56.6 cm³/mol. The fourth-order valence-electron chi connectivity index (χ4n) is 1.72. The lowest BCUT2D eigenvalue weighted by Crippen LogP contribution is -2.22. The lowest BCUT2D eigenvalue weighted by Gasteiger charge is -2.10. The van der Waals surface area contributed by atoms with Crippen LogP contribution in [0.25, 0.3) is 0 Å². The molecule has 0 atom stereocenters. The van der Waals surface area contributed by atoms with Crippen molar-refractivity contribution < 1.29 is 6.00 Å². The molecule has 1 aromatic rings. The SMILES string of the molecule is C=CC[N+]1=Cc2ccccc2CC1.[H+]. The Morgan fingerprint density at radius 3 is 3.15 bits per heavy atom. The third-order valence-electron chi connectivity index (χ3n) is 2.41. The standard InChI is InChI=1S/C12H14N/c1-2-8-13-9-7-11-5-3-4-6-12(11)10-13/h2-6,10H,1,7-9H2/q+1/p+1. The van der Waals surface area contributed by atoms with Crippen molar-refractivity contribution in [3.63, 3.8) is 0 Å². The highest BCUT2D eigenvalue weighted by Gasteiger charge is 2.12. The third kappa shape index (κ3) is 1.69. The van der Waals surface area contributed by atoms with Crippen LogP contribution in [-0.2, 0) is 6.42 Å². The lowest BCUT2D eigenvalue weighted by molar-refractivity contribution is -0.513. The molecular weight excluding hydrogens is 158 g/mol. The first kappa shape index (κ1) is 8.24. The molecule has 0 N–H and O–H groups in total. The van der Waals surface area contributed by atoms with Crippen molar-refractivity contribution in [2.75, 3.05) is 13.1 Å². The number of hydrogen-bond donors (Lipinski definition) is 0. The Hall–Kier alpha value is -1.37. The van der Waals surface area contributed by atoms with Gasteiger partial charge in [-0.15, -0.1) is 0 Å². The molecule has 1 aliphatic rings. The van der Waals surface area contributed by atoms with Gasteiger partial charge in [0.2, 0.25) is 0 Å². The van der Waals surface area contributed by atoms with E-state index in [1.807, 2.05) is 6.08 Å². The Morgan fingerprint density at radius 2 is 2.31 bits per heavy atom. The first-order valence-electron chi connectivity index (χ1n) is 4.68. The fraction of sp³-hybridized carbons (Fsp3) is 0.250. The Labute approximate surface area is 80.5 Å². The molecule has 0 aliphatic carbocycles. The van der Waals surface area contributed by atoms with Gasteiger partial charge in [-0.3, -0.25) is 0 Å². The molecule has 0 unspecified atom stereocenters. The van der Waals surface area contributed by atoms with Crippen LogP contribution in [0.4, 0.5) is 0 Å². The number of benzene rings is 1. The van der Waals surface area contributed by atoms with E-state index in [0.29, 0.717) is 0 Å². The van der Waals surface area contributed by atoms with Crippen molar-refractivity contribution in [2.24, 2.45) is 0 Å². The highest BCUT2D eigenvalue weighted by molar-refractivity contribution is 5.78. The average Bonchev–Trinajstić information content (AvgIpc) is 2.18. The van der Waals surface area contributed by atoms with Crippen LogP contribution in [0.1, 0.15) is 12.6 Å². The minimum Gasteiger partial charge on any atom is -0.231 e. The molecule has 1 aliphatic heterocycles. The van der Waals surface area contributed by atoms with Crippen LogP contribution in [0.2, 0.25) is 0 Å². The van der Waals surface area contributed by atoms with Gasteiger partial charge in [-0.05, 0) is 17.7 Å².